The molecule has 0 aromatic carbocycles. The van der Waals surface area contributed by atoms with Crippen molar-refractivity contribution in [1.29, 1.82) is 5.26 Å². The van der Waals surface area contributed by atoms with Crippen LogP contribution < -0.4 is 5.32 Å². The summed E-state index contributed by atoms with van der Waals surface area (Å²) in [5.41, 5.74) is 2.17. The number of nitrogens with zero attached hydrogens (tertiary/aromatic N) is 2. The van der Waals surface area contributed by atoms with Crippen LogP contribution in [0.15, 0.2) is 18.3 Å². The lowest BCUT2D eigenvalue weighted by molar-refractivity contribution is 0.422. The smallest absolute Gasteiger partial charge is 0.0683 e. The molecule has 1 aromatic rings. The molecule has 0 aliphatic heterocycles. The number of hydrogen-bond acceptors (Lipinski definition) is 3. The summed E-state index contributed by atoms with van der Waals surface area (Å²) in [6, 6.07) is 6.38. The molecule has 1 N–H and O–H groups in total. The van der Waals surface area contributed by atoms with E-state index in [0.29, 0.717) is 0 Å². The summed E-state index contributed by atoms with van der Waals surface area (Å²) < 4.78 is 0. The molecule has 1 aromatic heterocycles. The maximum absolute atomic E-state index is 8.90. The van der Waals surface area contributed by atoms with Gasteiger partial charge < -0.3 is 5.32 Å². The number of nitriles is 1. The molecule has 0 unspecified atom stereocenters. The Bertz CT molecular complexity index is 404. The van der Waals surface area contributed by atoms with Crippen molar-refractivity contribution in [3.8, 4) is 6.07 Å². The molecule has 1 heterocycles. The monoisotopic (exact) mass is 245 g/mol. The second kappa shape index (κ2) is 7.13. The van der Waals surface area contributed by atoms with E-state index in [9.17, 15) is 0 Å². The van der Waals surface area contributed by atoms with Crippen LogP contribution in [-0.4, -0.2) is 11.5 Å². The third-order valence-electron chi connectivity index (χ3n) is 3.12. The normalized spacial score (nSPS) is 11.2. The van der Waals surface area contributed by atoms with Crippen molar-refractivity contribution >= 4 is 0 Å². The van der Waals surface area contributed by atoms with Crippen molar-refractivity contribution in [3.63, 3.8) is 0 Å². The van der Waals surface area contributed by atoms with Crippen LogP contribution in [0.4, 0.5) is 0 Å². The zero-order chi connectivity index (χ0) is 13.4. The highest BCUT2D eigenvalue weighted by atomic mass is 14.9. The SMILES string of the molecule is Cc1cccnc1CNCCCCC(C)(C)C#N. The first-order chi connectivity index (χ1) is 8.55. The van der Waals surface area contributed by atoms with Crippen molar-refractivity contribution in [3.05, 3.63) is 29.6 Å². The van der Waals surface area contributed by atoms with Crippen LogP contribution in [0.5, 0.6) is 0 Å². The van der Waals surface area contributed by atoms with Crippen molar-refractivity contribution in [2.24, 2.45) is 5.41 Å². The Morgan fingerprint density at radius 3 is 2.83 bits per heavy atom. The summed E-state index contributed by atoms with van der Waals surface area (Å²) >= 11 is 0. The fourth-order valence-electron chi connectivity index (χ4n) is 1.78. The van der Waals surface area contributed by atoms with Crippen LogP contribution in [0.3, 0.4) is 0 Å². The molecule has 0 bridgehead atoms. The van der Waals surface area contributed by atoms with Gasteiger partial charge in [-0.1, -0.05) is 12.5 Å². The van der Waals surface area contributed by atoms with Gasteiger partial charge in [0.05, 0.1) is 17.2 Å². The van der Waals surface area contributed by atoms with E-state index >= 15 is 0 Å². The molecule has 0 aliphatic carbocycles. The summed E-state index contributed by atoms with van der Waals surface area (Å²) in [6.07, 6.45) is 5.00. The van der Waals surface area contributed by atoms with E-state index in [4.69, 9.17) is 5.26 Å². The zero-order valence-corrected chi connectivity index (χ0v) is 11.7. The second-order valence-corrected chi connectivity index (χ2v) is 5.40. The summed E-state index contributed by atoms with van der Waals surface area (Å²) in [5.74, 6) is 0. The molecule has 3 heteroatoms. The molecule has 0 atom stereocenters. The molecule has 0 radical (unpaired) electrons. The summed E-state index contributed by atoms with van der Waals surface area (Å²) in [4.78, 5) is 4.34. The first-order valence-electron chi connectivity index (χ1n) is 6.57. The third kappa shape index (κ3) is 5.29. The van der Waals surface area contributed by atoms with Gasteiger partial charge >= 0.3 is 0 Å². The molecule has 0 saturated carbocycles. The molecule has 3 nitrogen and oxygen atoms in total. The van der Waals surface area contributed by atoms with Crippen LogP contribution >= 0.6 is 0 Å². The van der Waals surface area contributed by atoms with Gasteiger partial charge in [-0.3, -0.25) is 4.98 Å². The van der Waals surface area contributed by atoms with E-state index in [0.717, 1.165) is 38.0 Å². The molecular weight excluding hydrogens is 222 g/mol. The van der Waals surface area contributed by atoms with Crippen molar-refractivity contribution in [2.75, 3.05) is 6.54 Å². The summed E-state index contributed by atoms with van der Waals surface area (Å²) in [7, 11) is 0. The first-order valence-corrected chi connectivity index (χ1v) is 6.57. The third-order valence-corrected chi connectivity index (χ3v) is 3.12. The Balaban J connectivity index is 2.13. The lowest BCUT2D eigenvalue weighted by Gasteiger charge is -2.14. The van der Waals surface area contributed by atoms with Gasteiger partial charge in [0.2, 0.25) is 0 Å². The van der Waals surface area contributed by atoms with Gasteiger partial charge in [-0.05, 0) is 51.8 Å². The number of pyridine rings is 1. The van der Waals surface area contributed by atoms with Gasteiger partial charge in [-0.15, -0.1) is 0 Å². The number of rotatable bonds is 7. The highest BCUT2D eigenvalue weighted by Crippen LogP contribution is 2.21. The predicted octanol–water partition coefficient (Wildman–Crippen LogP) is 3.20. The lowest BCUT2D eigenvalue weighted by Crippen LogP contribution is -2.17. The first kappa shape index (κ1) is 14.7. The maximum Gasteiger partial charge on any atom is 0.0683 e. The maximum atomic E-state index is 8.90. The largest absolute Gasteiger partial charge is 0.311 e. The van der Waals surface area contributed by atoms with Crippen molar-refractivity contribution < 1.29 is 0 Å². The fraction of sp³-hybridized carbons (Fsp3) is 0.600. The molecule has 1 rings (SSSR count). The highest BCUT2D eigenvalue weighted by Gasteiger charge is 2.15. The average Bonchev–Trinajstić information content (AvgIpc) is 2.35. The van der Waals surface area contributed by atoms with E-state index in [-0.39, 0.29) is 5.41 Å². The van der Waals surface area contributed by atoms with E-state index in [1.165, 1.54) is 5.56 Å². The molecule has 0 saturated heterocycles. The molecule has 18 heavy (non-hydrogen) atoms. The highest BCUT2D eigenvalue weighted by molar-refractivity contribution is 5.17. The zero-order valence-electron chi connectivity index (χ0n) is 11.7. The number of nitrogens with one attached hydrogen (secondary N) is 1. The Hall–Kier alpha value is -1.40. The minimum Gasteiger partial charge on any atom is -0.311 e. The molecule has 0 amide bonds. The number of aromatic nitrogens is 1. The van der Waals surface area contributed by atoms with Crippen LogP contribution in [0.1, 0.15) is 44.4 Å². The molecule has 98 valence electrons. The fourth-order valence-corrected chi connectivity index (χ4v) is 1.78. The summed E-state index contributed by atoms with van der Waals surface area (Å²) in [5, 5.41) is 12.3. The van der Waals surface area contributed by atoms with E-state index in [1.54, 1.807) is 0 Å². The Labute approximate surface area is 110 Å². The molecular formula is C15H23N3. The van der Waals surface area contributed by atoms with Gasteiger partial charge in [0.25, 0.3) is 0 Å². The quantitative estimate of drug-likeness (QED) is 0.750. The van der Waals surface area contributed by atoms with Crippen LogP contribution in [0.2, 0.25) is 0 Å². The van der Waals surface area contributed by atoms with E-state index < -0.39 is 0 Å². The Morgan fingerprint density at radius 2 is 2.17 bits per heavy atom. The van der Waals surface area contributed by atoms with E-state index in [1.807, 2.05) is 26.1 Å². The lowest BCUT2D eigenvalue weighted by atomic mass is 9.89. The van der Waals surface area contributed by atoms with Crippen LogP contribution in [-0.2, 0) is 6.54 Å². The minimum absolute atomic E-state index is 0.183. The second-order valence-electron chi connectivity index (χ2n) is 5.40. The van der Waals surface area contributed by atoms with Gasteiger partial charge in [0, 0.05) is 12.7 Å². The Morgan fingerprint density at radius 1 is 1.39 bits per heavy atom. The van der Waals surface area contributed by atoms with Gasteiger partial charge in [0.15, 0.2) is 0 Å². The van der Waals surface area contributed by atoms with Crippen LogP contribution in [0.25, 0.3) is 0 Å². The molecule has 0 spiro atoms. The van der Waals surface area contributed by atoms with Crippen molar-refractivity contribution in [2.45, 2.75) is 46.6 Å². The molecule has 0 fully saturated rings. The van der Waals surface area contributed by atoms with Crippen molar-refractivity contribution in [1.82, 2.24) is 10.3 Å². The Kier molecular flexibility index (Phi) is 5.80. The number of unbranched alkanes of at least 4 members (excludes halogenated alkanes) is 1. The average molecular weight is 245 g/mol. The van der Waals surface area contributed by atoms with Gasteiger partial charge in [-0.2, -0.15) is 5.26 Å². The topological polar surface area (TPSA) is 48.7 Å². The number of hydrogen-bond donors (Lipinski definition) is 1. The standard InChI is InChI=1S/C15H23N3/c1-13-7-6-10-18-14(13)11-17-9-5-4-8-15(2,3)12-16/h6-7,10,17H,4-5,8-9,11H2,1-3H3. The molecule has 0 aliphatic rings. The van der Waals surface area contributed by atoms with Gasteiger partial charge in [0.1, 0.15) is 0 Å². The predicted molar refractivity (Wildman–Crippen MR) is 73.9 cm³/mol. The number of aryl methyl sites for hydroxylation is 1. The van der Waals surface area contributed by atoms with Crippen LogP contribution in [0, 0.1) is 23.7 Å². The summed E-state index contributed by atoms with van der Waals surface area (Å²) in [6.45, 7) is 7.89. The van der Waals surface area contributed by atoms with Gasteiger partial charge in [-0.25, -0.2) is 0 Å². The van der Waals surface area contributed by atoms with E-state index in [2.05, 4.69) is 29.4 Å². The minimum atomic E-state index is -0.183.